The van der Waals surface area contributed by atoms with Crippen LogP contribution in [0.2, 0.25) is 0 Å². The molecule has 0 fully saturated rings. The Bertz CT molecular complexity index is 1810. The molecule has 1 aliphatic heterocycles. The molecule has 0 spiro atoms. The van der Waals surface area contributed by atoms with E-state index >= 15 is 0 Å². The number of benzene rings is 5. The number of fused-ring (bicyclic) bond motifs is 4. The molecule has 0 aromatic heterocycles. The summed E-state index contributed by atoms with van der Waals surface area (Å²) in [5, 5.41) is 6.19. The number of para-hydroxylation sites is 1. The standard InChI is InChI=1S/C37H31BrN2O2/c1-41-35-21-24(20-33(38)37(35)42-23-27-10-6-9-25-8-2-3-11-29(25)27)22-39-28-18-16-26(17-19-28)36-32-14-7-13-30(32)31-12-4-5-15-34(31)40-36/h2-13,15-22,30,32,36,40H,14,23H2,1H3/t30-,32+,36+/m1/s1. The first-order chi connectivity index (χ1) is 20.7. The Kier molecular flexibility index (Phi) is 7.27. The minimum Gasteiger partial charge on any atom is -0.493 e. The van der Waals surface area contributed by atoms with Crippen LogP contribution in [0.5, 0.6) is 11.5 Å². The van der Waals surface area contributed by atoms with Crippen molar-refractivity contribution in [3.05, 3.63) is 142 Å². The van der Waals surface area contributed by atoms with E-state index in [1.807, 2.05) is 18.3 Å². The van der Waals surface area contributed by atoms with Crippen LogP contribution in [-0.2, 0) is 6.61 Å². The Morgan fingerprint density at radius 3 is 2.62 bits per heavy atom. The van der Waals surface area contributed by atoms with Gasteiger partial charge >= 0.3 is 0 Å². The summed E-state index contributed by atoms with van der Waals surface area (Å²) >= 11 is 3.70. The zero-order chi connectivity index (χ0) is 28.5. The molecule has 42 heavy (non-hydrogen) atoms. The number of methoxy groups -OCH3 is 1. The van der Waals surface area contributed by atoms with E-state index in [0.29, 0.717) is 29.9 Å². The van der Waals surface area contributed by atoms with Gasteiger partial charge in [-0.3, -0.25) is 4.99 Å². The van der Waals surface area contributed by atoms with Crippen molar-refractivity contribution in [1.29, 1.82) is 0 Å². The Labute approximate surface area is 254 Å². The van der Waals surface area contributed by atoms with E-state index in [9.17, 15) is 0 Å². The summed E-state index contributed by atoms with van der Waals surface area (Å²) in [6.45, 7) is 0.440. The van der Waals surface area contributed by atoms with E-state index < -0.39 is 0 Å². The average Bonchev–Trinajstić information content (AvgIpc) is 3.53. The molecule has 1 aliphatic carbocycles. The summed E-state index contributed by atoms with van der Waals surface area (Å²) < 4.78 is 12.8. The first-order valence-electron chi connectivity index (χ1n) is 14.3. The second-order valence-corrected chi connectivity index (χ2v) is 11.7. The van der Waals surface area contributed by atoms with Crippen LogP contribution in [0.25, 0.3) is 10.8 Å². The SMILES string of the molecule is COc1cc(C=Nc2ccc([C@@H]3Nc4ccccc4[C@H]4C=CC[C@@H]43)cc2)cc(Br)c1OCc1cccc2ccccc12. The third-order valence-electron chi connectivity index (χ3n) is 8.39. The lowest BCUT2D eigenvalue weighted by Crippen LogP contribution is -2.28. The van der Waals surface area contributed by atoms with E-state index in [0.717, 1.165) is 27.7 Å². The van der Waals surface area contributed by atoms with Gasteiger partial charge in [-0.05, 0) is 91.6 Å². The van der Waals surface area contributed by atoms with Crippen LogP contribution in [0.3, 0.4) is 0 Å². The summed E-state index contributed by atoms with van der Waals surface area (Å²) in [7, 11) is 1.66. The number of hydrogen-bond acceptors (Lipinski definition) is 4. The number of allylic oxidation sites excluding steroid dienone is 2. The lowest BCUT2D eigenvalue weighted by atomic mass is 9.77. The normalized spacial score (nSPS) is 19.0. The fourth-order valence-corrected chi connectivity index (χ4v) is 6.89. The number of nitrogens with zero attached hydrogens (tertiary/aromatic N) is 1. The molecule has 5 aromatic carbocycles. The Hall–Kier alpha value is -4.35. The molecule has 4 nitrogen and oxygen atoms in total. The van der Waals surface area contributed by atoms with Gasteiger partial charge in [-0.25, -0.2) is 0 Å². The fourth-order valence-electron chi connectivity index (χ4n) is 6.31. The molecule has 0 amide bonds. The van der Waals surface area contributed by atoms with E-state index in [-0.39, 0.29) is 6.04 Å². The van der Waals surface area contributed by atoms with Crippen molar-refractivity contribution in [2.75, 3.05) is 12.4 Å². The van der Waals surface area contributed by atoms with Crippen LogP contribution in [0.4, 0.5) is 11.4 Å². The minimum atomic E-state index is 0.277. The van der Waals surface area contributed by atoms with E-state index in [2.05, 4.69) is 124 Å². The molecular weight excluding hydrogens is 584 g/mol. The van der Waals surface area contributed by atoms with Crippen molar-refractivity contribution >= 4 is 44.3 Å². The third-order valence-corrected chi connectivity index (χ3v) is 8.98. The number of nitrogens with one attached hydrogen (secondary N) is 1. The Balaban J connectivity index is 1.07. The van der Waals surface area contributed by atoms with Gasteiger partial charge in [0, 0.05) is 17.8 Å². The van der Waals surface area contributed by atoms with Gasteiger partial charge in [0.15, 0.2) is 11.5 Å². The van der Waals surface area contributed by atoms with Gasteiger partial charge in [-0.2, -0.15) is 0 Å². The monoisotopic (exact) mass is 614 g/mol. The topological polar surface area (TPSA) is 42.8 Å². The molecule has 0 saturated heterocycles. The second kappa shape index (κ2) is 11.5. The quantitative estimate of drug-likeness (QED) is 0.146. The smallest absolute Gasteiger partial charge is 0.175 e. The predicted octanol–water partition coefficient (Wildman–Crippen LogP) is 9.77. The predicted molar refractivity (Wildman–Crippen MR) is 175 cm³/mol. The number of aliphatic imine (C=N–C) groups is 1. The van der Waals surface area contributed by atoms with Crippen molar-refractivity contribution in [3.63, 3.8) is 0 Å². The zero-order valence-corrected chi connectivity index (χ0v) is 24.9. The van der Waals surface area contributed by atoms with E-state index in [1.54, 1.807) is 7.11 Å². The molecule has 0 unspecified atom stereocenters. The highest BCUT2D eigenvalue weighted by Gasteiger charge is 2.37. The minimum absolute atomic E-state index is 0.277. The number of halogens is 1. The van der Waals surface area contributed by atoms with Crippen LogP contribution in [0, 0.1) is 5.92 Å². The first-order valence-corrected chi connectivity index (χ1v) is 15.1. The summed E-state index contributed by atoms with van der Waals surface area (Å²) in [6, 6.07) is 36.2. The van der Waals surface area contributed by atoms with Gasteiger partial charge in [0.05, 0.1) is 23.3 Å². The van der Waals surface area contributed by atoms with Gasteiger partial charge in [-0.1, -0.05) is 84.9 Å². The van der Waals surface area contributed by atoms with Crippen LogP contribution in [-0.4, -0.2) is 13.3 Å². The Morgan fingerprint density at radius 1 is 0.929 bits per heavy atom. The lowest BCUT2D eigenvalue weighted by Gasteiger charge is -2.37. The maximum Gasteiger partial charge on any atom is 0.175 e. The molecule has 5 heteroatoms. The summed E-state index contributed by atoms with van der Waals surface area (Å²) in [4.78, 5) is 4.76. The Morgan fingerprint density at radius 2 is 1.74 bits per heavy atom. The summed E-state index contributed by atoms with van der Waals surface area (Å²) in [5.41, 5.74) is 6.89. The second-order valence-electron chi connectivity index (χ2n) is 10.9. The first kappa shape index (κ1) is 26.5. The number of anilines is 1. The average molecular weight is 616 g/mol. The van der Waals surface area contributed by atoms with Crippen molar-refractivity contribution < 1.29 is 9.47 Å². The van der Waals surface area contributed by atoms with Crippen LogP contribution in [0.1, 0.15) is 40.6 Å². The molecule has 2 aliphatic rings. The highest BCUT2D eigenvalue weighted by atomic mass is 79.9. The molecule has 7 rings (SSSR count). The number of ether oxygens (including phenoxy) is 2. The van der Waals surface area contributed by atoms with Gasteiger partial charge in [0.25, 0.3) is 0 Å². The molecule has 5 aromatic rings. The molecule has 0 saturated carbocycles. The van der Waals surface area contributed by atoms with Crippen LogP contribution < -0.4 is 14.8 Å². The van der Waals surface area contributed by atoms with Gasteiger partial charge < -0.3 is 14.8 Å². The maximum atomic E-state index is 6.27. The molecule has 1 N–H and O–H groups in total. The van der Waals surface area contributed by atoms with Crippen molar-refractivity contribution in [2.24, 2.45) is 10.9 Å². The van der Waals surface area contributed by atoms with Crippen LogP contribution >= 0.6 is 15.9 Å². The number of rotatable bonds is 7. The van der Waals surface area contributed by atoms with Gasteiger partial charge in [0.1, 0.15) is 6.61 Å². The molecule has 3 atom stereocenters. The third kappa shape index (κ3) is 5.10. The highest BCUT2D eigenvalue weighted by molar-refractivity contribution is 9.10. The van der Waals surface area contributed by atoms with Gasteiger partial charge in [0.2, 0.25) is 0 Å². The van der Waals surface area contributed by atoms with E-state index in [1.165, 1.54) is 27.6 Å². The van der Waals surface area contributed by atoms with Crippen LogP contribution in [0.15, 0.2) is 125 Å². The van der Waals surface area contributed by atoms with Crippen molar-refractivity contribution in [2.45, 2.75) is 25.0 Å². The van der Waals surface area contributed by atoms with Crippen molar-refractivity contribution in [1.82, 2.24) is 0 Å². The highest BCUT2D eigenvalue weighted by Crippen LogP contribution is 2.49. The summed E-state index contributed by atoms with van der Waals surface area (Å²) in [6.07, 6.45) is 7.66. The molecular formula is C37H31BrN2O2. The molecule has 0 radical (unpaired) electrons. The van der Waals surface area contributed by atoms with Gasteiger partial charge in [-0.15, -0.1) is 0 Å². The molecule has 0 bridgehead atoms. The molecule has 1 heterocycles. The number of hydrogen-bond donors (Lipinski definition) is 1. The van der Waals surface area contributed by atoms with Crippen molar-refractivity contribution in [3.8, 4) is 11.5 Å². The zero-order valence-electron chi connectivity index (χ0n) is 23.3. The maximum absolute atomic E-state index is 6.27. The fraction of sp³-hybridized carbons (Fsp3) is 0.162. The largest absolute Gasteiger partial charge is 0.493 e. The van der Waals surface area contributed by atoms with E-state index in [4.69, 9.17) is 14.5 Å². The summed E-state index contributed by atoms with van der Waals surface area (Å²) in [5.74, 6) is 2.33. The molecule has 208 valence electrons. The lowest BCUT2D eigenvalue weighted by molar-refractivity contribution is 0.283.